The standard InChI is InChI=1S/C14H16N2O2/c1-2-8-16(13-5-3-12(15)4-6-13)14(17)11-7-9-18-10-11/h3-7,9-10H,2,8,15H2,1H3. The van der Waals surface area contributed by atoms with Crippen molar-refractivity contribution in [2.24, 2.45) is 0 Å². The Morgan fingerprint density at radius 3 is 2.56 bits per heavy atom. The largest absolute Gasteiger partial charge is 0.472 e. The van der Waals surface area contributed by atoms with E-state index in [4.69, 9.17) is 10.2 Å². The molecule has 1 aromatic heterocycles. The lowest BCUT2D eigenvalue weighted by molar-refractivity contribution is 0.0986. The maximum atomic E-state index is 12.3. The fourth-order valence-corrected chi connectivity index (χ4v) is 1.77. The Kier molecular flexibility index (Phi) is 3.67. The predicted octanol–water partition coefficient (Wildman–Crippen LogP) is 2.92. The zero-order valence-corrected chi connectivity index (χ0v) is 10.3. The lowest BCUT2D eigenvalue weighted by atomic mass is 10.2. The molecule has 4 nitrogen and oxygen atoms in total. The molecule has 0 unspecified atom stereocenters. The van der Waals surface area contributed by atoms with E-state index in [1.165, 1.54) is 12.5 Å². The first-order chi connectivity index (χ1) is 8.72. The second-order valence-electron chi connectivity index (χ2n) is 4.06. The maximum absolute atomic E-state index is 12.3. The van der Waals surface area contributed by atoms with Gasteiger partial charge in [-0.05, 0) is 36.8 Å². The molecule has 2 N–H and O–H groups in total. The van der Waals surface area contributed by atoms with Crippen molar-refractivity contribution in [1.82, 2.24) is 0 Å². The summed E-state index contributed by atoms with van der Waals surface area (Å²) in [5, 5.41) is 0. The first-order valence-corrected chi connectivity index (χ1v) is 5.92. The Balaban J connectivity index is 2.28. The minimum Gasteiger partial charge on any atom is -0.472 e. The minimum absolute atomic E-state index is 0.0598. The van der Waals surface area contributed by atoms with Gasteiger partial charge in [0.05, 0.1) is 11.8 Å². The quantitative estimate of drug-likeness (QED) is 0.841. The average molecular weight is 244 g/mol. The molecule has 4 heteroatoms. The normalized spacial score (nSPS) is 10.3. The summed E-state index contributed by atoms with van der Waals surface area (Å²) < 4.78 is 4.95. The van der Waals surface area contributed by atoms with Crippen LogP contribution in [0.15, 0.2) is 47.3 Å². The molecular formula is C14H16N2O2. The van der Waals surface area contributed by atoms with Crippen LogP contribution in [0.1, 0.15) is 23.7 Å². The number of nitrogens with two attached hydrogens (primary N) is 1. The molecule has 2 aromatic rings. The molecule has 0 bridgehead atoms. The van der Waals surface area contributed by atoms with Gasteiger partial charge in [-0.25, -0.2) is 0 Å². The Labute approximate surface area is 106 Å². The summed E-state index contributed by atoms with van der Waals surface area (Å²) in [7, 11) is 0. The highest BCUT2D eigenvalue weighted by molar-refractivity contribution is 6.05. The van der Waals surface area contributed by atoms with Crippen LogP contribution in [-0.2, 0) is 0 Å². The van der Waals surface area contributed by atoms with Crippen LogP contribution in [0, 0.1) is 0 Å². The summed E-state index contributed by atoms with van der Waals surface area (Å²) in [6, 6.07) is 8.95. The number of hydrogen-bond acceptors (Lipinski definition) is 3. The van der Waals surface area contributed by atoms with Gasteiger partial charge in [0, 0.05) is 17.9 Å². The van der Waals surface area contributed by atoms with Crippen molar-refractivity contribution in [2.45, 2.75) is 13.3 Å². The van der Waals surface area contributed by atoms with E-state index >= 15 is 0 Å². The molecule has 0 atom stereocenters. The maximum Gasteiger partial charge on any atom is 0.261 e. The fourth-order valence-electron chi connectivity index (χ4n) is 1.77. The summed E-state index contributed by atoms with van der Waals surface area (Å²) in [5.74, 6) is -0.0598. The molecule has 0 radical (unpaired) electrons. The number of rotatable bonds is 4. The molecular weight excluding hydrogens is 228 g/mol. The molecule has 0 saturated carbocycles. The SMILES string of the molecule is CCCN(C(=O)c1ccoc1)c1ccc(N)cc1. The summed E-state index contributed by atoms with van der Waals surface area (Å²) >= 11 is 0. The first-order valence-electron chi connectivity index (χ1n) is 5.92. The van der Waals surface area contributed by atoms with Crippen LogP contribution in [0.25, 0.3) is 0 Å². The Bertz CT molecular complexity index is 503. The zero-order valence-electron chi connectivity index (χ0n) is 10.3. The Morgan fingerprint density at radius 2 is 2.00 bits per heavy atom. The lowest BCUT2D eigenvalue weighted by Gasteiger charge is -2.21. The van der Waals surface area contributed by atoms with Gasteiger partial charge in [-0.15, -0.1) is 0 Å². The van der Waals surface area contributed by atoms with Crippen molar-refractivity contribution in [1.29, 1.82) is 0 Å². The molecule has 94 valence electrons. The van der Waals surface area contributed by atoms with E-state index in [9.17, 15) is 4.79 Å². The molecule has 0 spiro atoms. The highest BCUT2D eigenvalue weighted by atomic mass is 16.3. The highest BCUT2D eigenvalue weighted by Gasteiger charge is 2.17. The molecule has 1 amide bonds. The third-order valence-corrected chi connectivity index (χ3v) is 2.67. The number of furan rings is 1. The van der Waals surface area contributed by atoms with Crippen molar-refractivity contribution in [3.63, 3.8) is 0 Å². The monoisotopic (exact) mass is 244 g/mol. The van der Waals surface area contributed by atoms with Crippen LogP contribution in [0.3, 0.4) is 0 Å². The molecule has 2 rings (SSSR count). The van der Waals surface area contributed by atoms with E-state index in [1.807, 2.05) is 19.1 Å². The molecule has 0 aliphatic heterocycles. The van der Waals surface area contributed by atoms with Crippen LogP contribution < -0.4 is 10.6 Å². The molecule has 0 aliphatic carbocycles. The van der Waals surface area contributed by atoms with E-state index in [0.29, 0.717) is 17.8 Å². The van der Waals surface area contributed by atoms with Crippen molar-refractivity contribution in [3.8, 4) is 0 Å². The second kappa shape index (κ2) is 5.40. The fraction of sp³-hybridized carbons (Fsp3) is 0.214. The van der Waals surface area contributed by atoms with Crippen LogP contribution in [0.4, 0.5) is 11.4 Å². The number of carbonyl (C=O) groups is 1. The van der Waals surface area contributed by atoms with Crippen molar-refractivity contribution in [3.05, 3.63) is 48.4 Å². The number of carbonyl (C=O) groups excluding carboxylic acids is 1. The van der Waals surface area contributed by atoms with Gasteiger partial charge in [-0.2, -0.15) is 0 Å². The smallest absolute Gasteiger partial charge is 0.261 e. The van der Waals surface area contributed by atoms with Crippen LogP contribution in [0.5, 0.6) is 0 Å². The molecule has 18 heavy (non-hydrogen) atoms. The van der Waals surface area contributed by atoms with Crippen LogP contribution >= 0.6 is 0 Å². The van der Waals surface area contributed by atoms with Crippen LogP contribution in [-0.4, -0.2) is 12.5 Å². The Morgan fingerprint density at radius 1 is 1.28 bits per heavy atom. The number of hydrogen-bond donors (Lipinski definition) is 1. The van der Waals surface area contributed by atoms with E-state index in [0.717, 1.165) is 12.1 Å². The van der Waals surface area contributed by atoms with E-state index < -0.39 is 0 Å². The lowest BCUT2D eigenvalue weighted by Crippen LogP contribution is -2.31. The number of anilines is 2. The molecule has 0 aliphatic rings. The number of amides is 1. The van der Waals surface area contributed by atoms with Gasteiger partial charge in [-0.3, -0.25) is 4.79 Å². The highest BCUT2D eigenvalue weighted by Crippen LogP contribution is 2.19. The Hall–Kier alpha value is -2.23. The van der Waals surface area contributed by atoms with Gasteiger partial charge in [0.1, 0.15) is 6.26 Å². The van der Waals surface area contributed by atoms with Gasteiger partial charge in [-0.1, -0.05) is 6.92 Å². The van der Waals surface area contributed by atoms with E-state index in [1.54, 1.807) is 23.1 Å². The van der Waals surface area contributed by atoms with Gasteiger partial charge in [0.15, 0.2) is 0 Å². The third kappa shape index (κ3) is 2.53. The molecule has 0 saturated heterocycles. The average Bonchev–Trinajstić information content (AvgIpc) is 2.90. The van der Waals surface area contributed by atoms with Gasteiger partial charge in [0.2, 0.25) is 0 Å². The third-order valence-electron chi connectivity index (χ3n) is 2.67. The van der Waals surface area contributed by atoms with E-state index in [2.05, 4.69) is 0 Å². The van der Waals surface area contributed by atoms with Crippen LogP contribution in [0.2, 0.25) is 0 Å². The predicted molar refractivity (Wildman–Crippen MR) is 71.5 cm³/mol. The van der Waals surface area contributed by atoms with Crippen molar-refractivity contribution < 1.29 is 9.21 Å². The van der Waals surface area contributed by atoms with Gasteiger partial charge < -0.3 is 15.1 Å². The summed E-state index contributed by atoms with van der Waals surface area (Å²) in [6.45, 7) is 2.70. The summed E-state index contributed by atoms with van der Waals surface area (Å²) in [4.78, 5) is 14.0. The first kappa shape index (κ1) is 12.2. The number of benzene rings is 1. The van der Waals surface area contributed by atoms with Crippen molar-refractivity contribution >= 4 is 17.3 Å². The summed E-state index contributed by atoms with van der Waals surface area (Å²) in [5.41, 5.74) is 7.74. The van der Waals surface area contributed by atoms with Gasteiger partial charge >= 0.3 is 0 Å². The van der Waals surface area contributed by atoms with Crippen molar-refractivity contribution in [2.75, 3.05) is 17.2 Å². The minimum atomic E-state index is -0.0598. The molecule has 1 heterocycles. The zero-order chi connectivity index (χ0) is 13.0. The molecule has 1 aromatic carbocycles. The number of nitrogens with zero attached hydrogens (tertiary/aromatic N) is 1. The number of nitrogen functional groups attached to an aromatic ring is 1. The second-order valence-corrected chi connectivity index (χ2v) is 4.06. The topological polar surface area (TPSA) is 59.5 Å². The van der Waals surface area contributed by atoms with Gasteiger partial charge in [0.25, 0.3) is 5.91 Å². The van der Waals surface area contributed by atoms with E-state index in [-0.39, 0.29) is 5.91 Å². The summed E-state index contributed by atoms with van der Waals surface area (Å²) in [6.07, 6.45) is 3.84. The molecule has 0 fully saturated rings.